The molecule has 1 fully saturated rings. The second-order valence-electron chi connectivity index (χ2n) is 4.13. The molecule has 3 nitrogen and oxygen atoms in total. The van der Waals surface area contributed by atoms with Crippen LogP contribution in [-0.4, -0.2) is 29.5 Å². The minimum absolute atomic E-state index is 0.432. The molecule has 2 rings (SSSR count). The molecule has 1 atom stereocenters. The Balaban J connectivity index is 1.74. The van der Waals surface area contributed by atoms with E-state index in [-0.39, 0.29) is 0 Å². The average molecular weight is 284 g/mol. The number of hydrogen-bond acceptors (Lipinski definition) is 4. The second kappa shape index (κ2) is 6.97. The zero-order valence-electron chi connectivity index (χ0n) is 10.0. The number of carbonyl (C=O) groups is 1. The van der Waals surface area contributed by atoms with Gasteiger partial charge in [-0.3, -0.25) is 0 Å². The van der Waals surface area contributed by atoms with Gasteiger partial charge in [-0.1, -0.05) is 0 Å². The average Bonchev–Trinajstić information content (AvgIpc) is 2.97. The number of thioether (sulfide) groups is 1. The Morgan fingerprint density at radius 3 is 3.22 bits per heavy atom. The van der Waals surface area contributed by atoms with Crippen LogP contribution in [0, 0.1) is 0 Å². The lowest BCUT2D eigenvalue weighted by Gasteiger charge is -2.07. The standard InChI is InChI=1S/C13H16O3S2/c14-13(15)6-5-11-3-4-12(18-11)9-17-8-10-2-1-7-16-10/h3-6,10H,1-2,7-9H2,(H,14,15)/b6-5+. The number of hydrogen-bond donors (Lipinski definition) is 1. The van der Waals surface area contributed by atoms with Gasteiger partial charge in [0.2, 0.25) is 0 Å². The number of carboxylic acid groups (broad SMARTS) is 1. The molecular weight excluding hydrogens is 268 g/mol. The van der Waals surface area contributed by atoms with Gasteiger partial charge in [-0.05, 0) is 31.1 Å². The SMILES string of the molecule is O=C(O)/C=C/c1ccc(CSCC2CCCO2)s1. The molecule has 98 valence electrons. The summed E-state index contributed by atoms with van der Waals surface area (Å²) in [5.41, 5.74) is 0. The lowest BCUT2D eigenvalue weighted by Crippen LogP contribution is -2.07. The molecule has 1 N–H and O–H groups in total. The molecule has 0 saturated carbocycles. The first kappa shape index (κ1) is 13.6. The lowest BCUT2D eigenvalue weighted by molar-refractivity contribution is -0.131. The van der Waals surface area contributed by atoms with E-state index in [1.54, 1.807) is 17.4 Å². The van der Waals surface area contributed by atoms with Crippen molar-refractivity contribution in [1.82, 2.24) is 0 Å². The summed E-state index contributed by atoms with van der Waals surface area (Å²) in [7, 11) is 0. The Labute approximate surface area is 115 Å². The van der Waals surface area contributed by atoms with Crippen LogP contribution in [0.25, 0.3) is 6.08 Å². The van der Waals surface area contributed by atoms with Gasteiger partial charge in [0.05, 0.1) is 6.10 Å². The molecule has 2 heterocycles. The van der Waals surface area contributed by atoms with Gasteiger partial charge in [0, 0.05) is 33.9 Å². The van der Waals surface area contributed by atoms with Crippen molar-refractivity contribution >= 4 is 35.1 Å². The second-order valence-corrected chi connectivity index (χ2v) is 6.36. The molecule has 0 spiro atoms. The summed E-state index contributed by atoms with van der Waals surface area (Å²) in [6, 6.07) is 4.03. The Morgan fingerprint density at radius 1 is 1.61 bits per heavy atom. The van der Waals surface area contributed by atoms with E-state index < -0.39 is 5.97 Å². The predicted molar refractivity (Wildman–Crippen MR) is 76.1 cm³/mol. The summed E-state index contributed by atoms with van der Waals surface area (Å²) in [4.78, 5) is 12.7. The molecule has 1 unspecified atom stereocenters. The van der Waals surface area contributed by atoms with Crippen molar-refractivity contribution in [3.8, 4) is 0 Å². The highest BCUT2D eigenvalue weighted by molar-refractivity contribution is 7.98. The number of aliphatic carboxylic acids is 1. The molecule has 0 amide bonds. The fourth-order valence-electron chi connectivity index (χ4n) is 1.78. The summed E-state index contributed by atoms with van der Waals surface area (Å²) >= 11 is 3.53. The van der Waals surface area contributed by atoms with E-state index in [0.29, 0.717) is 6.10 Å². The van der Waals surface area contributed by atoms with Crippen LogP contribution in [0.2, 0.25) is 0 Å². The molecule has 1 aromatic rings. The third-order valence-electron chi connectivity index (χ3n) is 2.64. The maximum Gasteiger partial charge on any atom is 0.328 e. The Hall–Kier alpha value is -0.780. The zero-order chi connectivity index (χ0) is 12.8. The van der Waals surface area contributed by atoms with Gasteiger partial charge >= 0.3 is 5.97 Å². The fraction of sp³-hybridized carbons (Fsp3) is 0.462. The third-order valence-corrected chi connectivity index (χ3v) is 5.00. The van der Waals surface area contributed by atoms with Gasteiger partial charge in [0.25, 0.3) is 0 Å². The number of carboxylic acids is 1. The highest BCUT2D eigenvalue weighted by atomic mass is 32.2. The topological polar surface area (TPSA) is 46.5 Å². The zero-order valence-corrected chi connectivity index (χ0v) is 11.6. The highest BCUT2D eigenvalue weighted by Crippen LogP contribution is 2.25. The van der Waals surface area contributed by atoms with Crippen LogP contribution in [-0.2, 0) is 15.3 Å². The van der Waals surface area contributed by atoms with Gasteiger partial charge < -0.3 is 9.84 Å². The summed E-state index contributed by atoms with van der Waals surface area (Å²) in [6.45, 7) is 0.911. The quantitative estimate of drug-likeness (QED) is 0.815. The maximum absolute atomic E-state index is 10.4. The van der Waals surface area contributed by atoms with E-state index in [4.69, 9.17) is 9.84 Å². The Bertz CT molecular complexity index is 420. The van der Waals surface area contributed by atoms with Crippen molar-refractivity contribution in [3.05, 3.63) is 28.0 Å². The number of thiophene rings is 1. The van der Waals surface area contributed by atoms with E-state index >= 15 is 0 Å². The van der Waals surface area contributed by atoms with Gasteiger partial charge in [0.15, 0.2) is 0 Å². The fourth-order valence-corrected chi connectivity index (χ4v) is 3.92. The van der Waals surface area contributed by atoms with Crippen LogP contribution in [0.3, 0.4) is 0 Å². The van der Waals surface area contributed by atoms with Crippen molar-refractivity contribution in [3.63, 3.8) is 0 Å². The van der Waals surface area contributed by atoms with Crippen LogP contribution in [0.4, 0.5) is 0 Å². The van der Waals surface area contributed by atoms with Crippen LogP contribution in [0.15, 0.2) is 18.2 Å². The van der Waals surface area contributed by atoms with Crippen LogP contribution < -0.4 is 0 Å². The molecule has 0 aliphatic carbocycles. The highest BCUT2D eigenvalue weighted by Gasteiger charge is 2.15. The third kappa shape index (κ3) is 4.48. The molecule has 0 bridgehead atoms. The molecule has 1 aromatic heterocycles. The van der Waals surface area contributed by atoms with E-state index in [1.807, 2.05) is 17.8 Å². The van der Waals surface area contributed by atoms with Crippen molar-refractivity contribution in [1.29, 1.82) is 0 Å². The van der Waals surface area contributed by atoms with Crippen LogP contribution >= 0.6 is 23.1 Å². The molecule has 1 aliphatic heterocycles. The van der Waals surface area contributed by atoms with Crippen molar-refractivity contribution in [2.45, 2.75) is 24.7 Å². The number of ether oxygens (including phenoxy) is 1. The largest absolute Gasteiger partial charge is 0.478 e. The van der Waals surface area contributed by atoms with Crippen molar-refractivity contribution in [2.75, 3.05) is 12.4 Å². The lowest BCUT2D eigenvalue weighted by atomic mass is 10.3. The van der Waals surface area contributed by atoms with E-state index in [0.717, 1.165) is 23.0 Å². The van der Waals surface area contributed by atoms with Crippen molar-refractivity contribution < 1.29 is 14.6 Å². The minimum atomic E-state index is -0.905. The smallest absolute Gasteiger partial charge is 0.328 e. The van der Waals surface area contributed by atoms with Gasteiger partial charge in [-0.25, -0.2) is 4.79 Å². The van der Waals surface area contributed by atoms with E-state index in [1.165, 1.54) is 23.8 Å². The minimum Gasteiger partial charge on any atom is -0.478 e. The van der Waals surface area contributed by atoms with Gasteiger partial charge in [-0.2, -0.15) is 11.8 Å². The molecule has 18 heavy (non-hydrogen) atoms. The summed E-state index contributed by atoms with van der Waals surface area (Å²) in [6.07, 6.45) is 5.62. The number of rotatable bonds is 6. The van der Waals surface area contributed by atoms with Crippen molar-refractivity contribution in [2.24, 2.45) is 0 Å². The van der Waals surface area contributed by atoms with E-state index in [2.05, 4.69) is 6.07 Å². The maximum atomic E-state index is 10.4. The Kier molecular flexibility index (Phi) is 5.28. The summed E-state index contributed by atoms with van der Waals surface area (Å²) in [5.74, 6) is 1.13. The predicted octanol–water partition coefficient (Wildman–Crippen LogP) is 3.26. The normalized spacial score (nSPS) is 19.7. The van der Waals surface area contributed by atoms with Crippen LogP contribution in [0.1, 0.15) is 22.6 Å². The first-order valence-electron chi connectivity index (χ1n) is 5.93. The first-order chi connectivity index (χ1) is 8.74. The molecule has 1 aliphatic rings. The molecule has 0 radical (unpaired) electrons. The van der Waals surface area contributed by atoms with E-state index in [9.17, 15) is 4.79 Å². The monoisotopic (exact) mass is 284 g/mol. The van der Waals surface area contributed by atoms with Gasteiger partial charge in [0.1, 0.15) is 0 Å². The first-order valence-corrected chi connectivity index (χ1v) is 7.90. The molecular formula is C13H16O3S2. The Morgan fingerprint density at radius 2 is 2.50 bits per heavy atom. The molecule has 5 heteroatoms. The molecule has 1 saturated heterocycles. The van der Waals surface area contributed by atoms with Crippen LogP contribution in [0.5, 0.6) is 0 Å². The summed E-state index contributed by atoms with van der Waals surface area (Å²) < 4.78 is 5.57. The van der Waals surface area contributed by atoms with Gasteiger partial charge in [-0.15, -0.1) is 11.3 Å². The molecule has 0 aromatic carbocycles. The summed E-state index contributed by atoms with van der Waals surface area (Å²) in [5, 5.41) is 8.54.